The van der Waals surface area contributed by atoms with Gasteiger partial charge in [0.15, 0.2) is 0 Å². The molecule has 5 nitrogen and oxygen atoms in total. The highest BCUT2D eigenvalue weighted by molar-refractivity contribution is 7.99. The molecule has 2 aromatic carbocycles. The molecule has 2 aromatic rings. The fourth-order valence-corrected chi connectivity index (χ4v) is 4.64. The van der Waals surface area contributed by atoms with Crippen molar-refractivity contribution in [2.45, 2.75) is 30.2 Å². The number of methoxy groups -OCH3 is 1. The van der Waals surface area contributed by atoms with Crippen molar-refractivity contribution in [3.8, 4) is 5.75 Å². The normalized spacial score (nSPS) is 19.2. The van der Waals surface area contributed by atoms with E-state index < -0.39 is 0 Å². The van der Waals surface area contributed by atoms with Crippen molar-refractivity contribution in [3.05, 3.63) is 53.6 Å². The lowest BCUT2D eigenvalue weighted by Crippen LogP contribution is -2.30. The van der Waals surface area contributed by atoms with E-state index in [0.717, 1.165) is 47.0 Å². The van der Waals surface area contributed by atoms with Gasteiger partial charge in [-0.05, 0) is 48.7 Å². The van der Waals surface area contributed by atoms with Gasteiger partial charge in [-0.3, -0.25) is 9.59 Å². The van der Waals surface area contributed by atoms with Crippen LogP contribution in [0.3, 0.4) is 0 Å². The van der Waals surface area contributed by atoms with E-state index in [1.165, 1.54) is 0 Å². The SMILES string of the molecule is COc1ccc(C2CCCN2C(=O)c2ccc3c(c2)NC(=O)CCS3)cc1. The first-order valence-electron chi connectivity index (χ1n) is 9.17. The number of likely N-dealkylation sites (tertiary alicyclic amines) is 1. The molecule has 1 N–H and O–H groups in total. The van der Waals surface area contributed by atoms with Gasteiger partial charge < -0.3 is 15.0 Å². The largest absolute Gasteiger partial charge is 0.497 e. The van der Waals surface area contributed by atoms with Crippen molar-refractivity contribution in [1.29, 1.82) is 0 Å². The van der Waals surface area contributed by atoms with E-state index in [4.69, 9.17) is 4.74 Å². The van der Waals surface area contributed by atoms with Crippen molar-refractivity contribution in [2.75, 3.05) is 24.7 Å². The highest BCUT2D eigenvalue weighted by atomic mass is 32.2. The van der Waals surface area contributed by atoms with Crippen LogP contribution < -0.4 is 10.1 Å². The maximum atomic E-state index is 13.2. The first kappa shape index (κ1) is 17.9. The van der Waals surface area contributed by atoms with E-state index in [1.807, 2.05) is 47.4 Å². The predicted molar refractivity (Wildman–Crippen MR) is 106 cm³/mol. The Labute approximate surface area is 163 Å². The first-order valence-corrected chi connectivity index (χ1v) is 10.2. The number of hydrogen-bond acceptors (Lipinski definition) is 4. The number of amides is 2. The van der Waals surface area contributed by atoms with Crippen LogP contribution in [0, 0.1) is 0 Å². The van der Waals surface area contributed by atoms with Gasteiger partial charge in [0.2, 0.25) is 5.91 Å². The molecule has 0 aromatic heterocycles. The highest BCUT2D eigenvalue weighted by Crippen LogP contribution is 2.36. The van der Waals surface area contributed by atoms with Crippen molar-refractivity contribution >= 4 is 29.3 Å². The molecular weight excluding hydrogens is 360 g/mol. The number of fused-ring (bicyclic) bond motifs is 1. The Morgan fingerprint density at radius 2 is 2.04 bits per heavy atom. The zero-order valence-electron chi connectivity index (χ0n) is 15.2. The summed E-state index contributed by atoms with van der Waals surface area (Å²) in [5, 5.41) is 2.92. The Kier molecular flexibility index (Phi) is 5.07. The van der Waals surface area contributed by atoms with Crippen LogP contribution in [-0.4, -0.2) is 36.1 Å². The average molecular weight is 382 g/mol. The van der Waals surface area contributed by atoms with Crippen molar-refractivity contribution in [1.82, 2.24) is 4.90 Å². The van der Waals surface area contributed by atoms with E-state index >= 15 is 0 Å². The zero-order chi connectivity index (χ0) is 18.8. The summed E-state index contributed by atoms with van der Waals surface area (Å²) < 4.78 is 5.23. The molecular formula is C21H22N2O3S. The summed E-state index contributed by atoms with van der Waals surface area (Å²) in [6.07, 6.45) is 2.43. The van der Waals surface area contributed by atoms with Gasteiger partial charge in [0.1, 0.15) is 5.75 Å². The van der Waals surface area contributed by atoms with Crippen LogP contribution in [-0.2, 0) is 4.79 Å². The molecule has 1 fully saturated rings. The minimum absolute atomic E-state index is 0.00290. The number of nitrogens with one attached hydrogen (secondary N) is 1. The number of rotatable bonds is 3. The van der Waals surface area contributed by atoms with Crippen LogP contribution >= 0.6 is 11.8 Å². The Balaban J connectivity index is 1.58. The number of hydrogen-bond donors (Lipinski definition) is 1. The topological polar surface area (TPSA) is 58.6 Å². The number of nitrogens with zero attached hydrogens (tertiary/aromatic N) is 1. The van der Waals surface area contributed by atoms with Crippen molar-refractivity contribution < 1.29 is 14.3 Å². The molecule has 27 heavy (non-hydrogen) atoms. The molecule has 0 radical (unpaired) electrons. The molecule has 0 bridgehead atoms. The van der Waals surface area contributed by atoms with Crippen molar-refractivity contribution in [3.63, 3.8) is 0 Å². The lowest BCUT2D eigenvalue weighted by molar-refractivity contribution is -0.115. The number of benzene rings is 2. The smallest absolute Gasteiger partial charge is 0.254 e. The zero-order valence-corrected chi connectivity index (χ0v) is 16.1. The van der Waals surface area contributed by atoms with Gasteiger partial charge in [-0.2, -0.15) is 0 Å². The van der Waals surface area contributed by atoms with Crippen LogP contribution in [0.25, 0.3) is 0 Å². The highest BCUT2D eigenvalue weighted by Gasteiger charge is 2.31. The third kappa shape index (κ3) is 3.67. The van der Waals surface area contributed by atoms with Crippen LogP contribution in [0.15, 0.2) is 47.4 Å². The maximum Gasteiger partial charge on any atom is 0.254 e. The second-order valence-corrected chi connectivity index (χ2v) is 7.92. The first-order chi connectivity index (χ1) is 13.2. The number of carbonyl (C=O) groups excluding carboxylic acids is 2. The summed E-state index contributed by atoms with van der Waals surface area (Å²) in [7, 11) is 1.65. The van der Waals surface area contributed by atoms with Gasteiger partial charge in [0, 0.05) is 29.2 Å². The predicted octanol–water partition coefficient (Wildman–Crippen LogP) is 4.11. The summed E-state index contributed by atoms with van der Waals surface area (Å²) >= 11 is 1.65. The summed E-state index contributed by atoms with van der Waals surface area (Å²) in [4.78, 5) is 28.0. The van der Waals surface area contributed by atoms with Gasteiger partial charge >= 0.3 is 0 Å². The number of carbonyl (C=O) groups is 2. The minimum atomic E-state index is 0.00290. The van der Waals surface area contributed by atoms with Crippen LogP contribution in [0.1, 0.15) is 41.2 Å². The fourth-order valence-electron chi connectivity index (χ4n) is 3.70. The molecule has 1 atom stereocenters. The van der Waals surface area contributed by atoms with Crippen LogP contribution in [0.2, 0.25) is 0 Å². The molecule has 0 aliphatic carbocycles. The van der Waals surface area contributed by atoms with Gasteiger partial charge in [-0.15, -0.1) is 11.8 Å². The van der Waals surface area contributed by atoms with Crippen molar-refractivity contribution in [2.24, 2.45) is 0 Å². The van der Waals surface area contributed by atoms with Crippen LogP contribution in [0.4, 0.5) is 5.69 Å². The fraction of sp³-hybridized carbons (Fsp3) is 0.333. The van der Waals surface area contributed by atoms with E-state index in [9.17, 15) is 9.59 Å². The molecule has 6 heteroatoms. The van der Waals surface area contributed by atoms with Crippen LogP contribution in [0.5, 0.6) is 5.75 Å². The summed E-state index contributed by atoms with van der Waals surface area (Å²) in [6, 6.07) is 13.6. The molecule has 1 unspecified atom stereocenters. The molecule has 2 aliphatic rings. The molecule has 2 aliphatic heterocycles. The third-order valence-electron chi connectivity index (χ3n) is 5.10. The number of ether oxygens (including phenoxy) is 1. The van der Waals surface area contributed by atoms with E-state index in [0.29, 0.717) is 12.0 Å². The van der Waals surface area contributed by atoms with Gasteiger partial charge in [-0.1, -0.05) is 12.1 Å². The molecule has 0 spiro atoms. The lowest BCUT2D eigenvalue weighted by atomic mass is 10.0. The van der Waals surface area contributed by atoms with Gasteiger partial charge in [-0.25, -0.2) is 0 Å². The number of anilines is 1. The number of thioether (sulfide) groups is 1. The molecule has 2 amide bonds. The summed E-state index contributed by atoms with van der Waals surface area (Å²) in [5.41, 5.74) is 2.49. The Morgan fingerprint density at radius 1 is 1.22 bits per heavy atom. The van der Waals surface area contributed by atoms with E-state index in [2.05, 4.69) is 5.32 Å². The standard InChI is InChI=1S/C21H22N2O3S/c1-26-16-7-4-14(5-8-16)18-3-2-11-23(18)21(25)15-6-9-19-17(13-15)22-20(24)10-12-27-19/h4-9,13,18H,2-3,10-12H2,1H3,(H,22,24). The molecule has 0 saturated carbocycles. The summed E-state index contributed by atoms with van der Waals surface area (Å²) in [6.45, 7) is 0.744. The monoisotopic (exact) mass is 382 g/mol. The Morgan fingerprint density at radius 3 is 2.81 bits per heavy atom. The van der Waals surface area contributed by atoms with Gasteiger partial charge in [0.05, 0.1) is 18.8 Å². The molecule has 4 rings (SSSR count). The van der Waals surface area contributed by atoms with E-state index in [1.54, 1.807) is 18.9 Å². The Bertz CT molecular complexity index is 866. The van der Waals surface area contributed by atoms with E-state index in [-0.39, 0.29) is 17.9 Å². The average Bonchev–Trinajstić information content (AvgIpc) is 3.10. The molecule has 2 heterocycles. The molecule has 140 valence electrons. The molecule has 1 saturated heterocycles. The second-order valence-electron chi connectivity index (χ2n) is 6.79. The maximum absolute atomic E-state index is 13.2. The third-order valence-corrected chi connectivity index (χ3v) is 6.18. The lowest BCUT2D eigenvalue weighted by Gasteiger charge is -2.25. The minimum Gasteiger partial charge on any atom is -0.497 e. The quantitative estimate of drug-likeness (QED) is 0.868. The summed E-state index contributed by atoms with van der Waals surface area (Å²) in [5.74, 6) is 1.59. The van der Waals surface area contributed by atoms with Gasteiger partial charge in [0.25, 0.3) is 5.91 Å². The second kappa shape index (κ2) is 7.64. The Hall–Kier alpha value is -2.47.